The van der Waals surface area contributed by atoms with E-state index >= 15 is 0 Å². The van der Waals surface area contributed by atoms with E-state index in [9.17, 15) is 40.7 Å². The molecule has 4 aromatic rings. The molecule has 0 aliphatic heterocycles. The van der Waals surface area contributed by atoms with Gasteiger partial charge in [-0.15, -0.1) is 0 Å². The number of rotatable bonds is 4. The van der Waals surface area contributed by atoms with Gasteiger partial charge in [-0.2, -0.15) is 31.4 Å². The van der Waals surface area contributed by atoms with Crippen LogP contribution in [0.15, 0.2) is 34.1 Å². The molecular formula is C20H15BrF6N6O5. The Morgan fingerprint density at radius 1 is 0.921 bits per heavy atom. The van der Waals surface area contributed by atoms with E-state index in [2.05, 4.69) is 40.8 Å². The minimum absolute atomic E-state index is 0.0219. The van der Waals surface area contributed by atoms with Crippen LogP contribution in [0.3, 0.4) is 0 Å². The molecule has 0 unspecified atom stereocenters. The number of ether oxygens (including phenoxy) is 2. The van der Waals surface area contributed by atoms with Gasteiger partial charge < -0.3 is 9.47 Å². The average molecular weight is 613 g/mol. The second kappa shape index (κ2) is 10.8. The third-order valence-corrected chi connectivity index (χ3v) is 5.29. The van der Waals surface area contributed by atoms with Crippen molar-refractivity contribution < 1.29 is 45.4 Å². The van der Waals surface area contributed by atoms with Gasteiger partial charge in [-0.3, -0.25) is 9.89 Å². The smallest absolute Gasteiger partial charge is 0.434 e. The van der Waals surface area contributed by atoms with Crippen molar-refractivity contribution in [2.75, 3.05) is 13.2 Å². The summed E-state index contributed by atoms with van der Waals surface area (Å²) in [6.07, 6.45) is -5.76. The lowest BCUT2D eigenvalue weighted by Crippen LogP contribution is -2.20. The highest BCUT2D eigenvalue weighted by molar-refractivity contribution is 9.10. The van der Waals surface area contributed by atoms with Gasteiger partial charge in [0.1, 0.15) is 5.56 Å². The fraction of sp³-hybridized carbons (Fsp3) is 0.300. The van der Waals surface area contributed by atoms with Crippen LogP contribution in [0.2, 0.25) is 0 Å². The van der Waals surface area contributed by atoms with E-state index in [4.69, 9.17) is 4.74 Å². The molecule has 0 aliphatic carbocycles. The molecule has 4 rings (SSSR count). The van der Waals surface area contributed by atoms with Crippen LogP contribution in [-0.4, -0.2) is 54.3 Å². The molecule has 0 fully saturated rings. The number of nitrogens with one attached hydrogen (secondary N) is 1. The van der Waals surface area contributed by atoms with Crippen LogP contribution in [0.4, 0.5) is 26.3 Å². The Balaban J connectivity index is 0.000000211. The summed E-state index contributed by atoms with van der Waals surface area (Å²) >= 11 is 3.04. The first-order valence-electron chi connectivity index (χ1n) is 10.3. The van der Waals surface area contributed by atoms with Crippen LogP contribution in [0, 0.1) is 0 Å². The summed E-state index contributed by atoms with van der Waals surface area (Å²) in [5, 5.41) is 6.05. The van der Waals surface area contributed by atoms with Crippen LogP contribution >= 0.6 is 15.9 Å². The molecule has 0 aromatic carbocycles. The highest BCUT2D eigenvalue weighted by atomic mass is 79.9. The van der Waals surface area contributed by atoms with Gasteiger partial charge in [0.2, 0.25) is 11.1 Å². The predicted octanol–water partition coefficient (Wildman–Crippen LogP) is 3.91. The van der Waals surface area contributed by atoms with Crippen molar-refractivity contribution >= 4 is 39.2 Å². The number of carbonyl (C=O) groups is 2. The number of alkyl halides is 6. The molecule has 38 heavy (non-hydrogen) atoms. The Labute approximate surface area is 215 Å². The van der Waals surface area contributed by atoms with Crippen molar-refractivity contribution in [3.8, 4) is 0 Å². The number of carbonyl (C=O) groups excluding carboxylic acids is 2. The zero-order valence-electron chi connectivity index (χ0n) is 19.1. The monoisotopic (exact) mass is 612 g/mol. The molecule has 4 heterocycles. The van der Waals surface area contributed by atoms with Gasteiger partial charge >= 0.3 is 24.3 Å². The normalized spacial score (nSPS) is 11.8. The summed E-state index contributed by atoms with van der Waals surface area (Å²) in [4.78, 5) is 41.4. The highest BCUT2D eigenvalue weighted by Gasteiger charge is 2.35. The molecule has 0 amide bonds. The van der Waals surface area contributed by atoms with Gasteiger partial charge in [-0.25, -0.2) is 28.6 Å². The third-order valence-electron chi connectivity index (χ3n) is 4.51. The molecule has 0 bridgehead atoms. The number of halogens is 7. The van der Waals surface area contributed by atoms with Gasteiger partial charge in [0.15, 0.2) is 17.0 Å². The molecule has 11 nitrogen and oxygen atoms in total. The van der Waals surface area contributed by atoms with E-state index in [-0.39, 0.29) is 28.9 Å². The first kappa shape index (κ1) is 28.6. The molecule has 1 N–H and O–H groups in total. The molecule has 0 saturated heterocycles. The van der Waals surface area contributed by atoms with Crippen molar-refractivity contribution in [1.29, 1.82) is 0 Å². The second-order valence-electron chi connectivity index (χ2n) is 7.04. The molecule has 0 radical (unpaired) electrons. The zero-order valence-corrected chi connectivity index (χ0v) is 20.7. The number of H-pyrrole nitrogens is 1. The van der Waals surface area contributed by atoms with Crippen molar-refractivity contribution in [2.24, 2.45) is 0 Å². The zero-order chi connectivity index (χ0) is 28.4. The third kappa shape index (κ3) is 5.95. The summed E-state index contributed by atoms with van der Waals surface area (Å²) in [6, 6.07) is 0. The molecular weight excluding hydrogens is 598 g/mol. The summed E-state index contributed by atoms with van der Waals surface area (Å²) in [5.41, 5.74) is -4.21. The highest BCUT2D eigenvalue weighted by Crippen LogP contribution is 2.31. The molecule has 4 aromatic heterocycles. The van der Waals surface area contributed by atoms with Crippen LogP contribution in [-0.2, 0) is 21.8 Å². The van der Waals surface area contributed by atoms with E-state index in [1.54, 1.807) is 13.8 Å². The molecule has 0 spiro atoms. The molecule has 0 aliphatic rings. The Hall–Kier alpha value is -3.96. The fourth-order valence-electron chi connectivity index (χ4n) is 2.85. The van der Waals surface area contributed by atoms with E-state index < -0.39 is 52.3 Å². The number of aromatic nitrogens is 6. The quantitative estimate of drug-likeness (QED) is 0.271. The molecule has 204 valence electrons. The van der Waals surface area contributed by atoms with Crippen LogP contribution < -0.4 is 5.43 Å². The number of esters is 2. The maximum absolute atomic E-state index is 12.5. The lowest BCUT2D eigenvalue weighted by molar-refractivity contribution is -0.141. The number of imidazole rings is 2. The fourth-order valence-corrected chi connectivity index (χ4v) is 3.38. The molecule has 0 saturated carbocycles. The van der Waals surface area contributed by atoms with Gasteiger partial charge in [0.05, 0.1) is 41.8 Å². The lowest BCUT2D eigenvalue weighted by atomic mass is 10.3. The van der Waals surface area contributed by atoms with Crippen molar-refractivity contribution in [3.05, 3.63) is 62.0 Å². The van der Waals surface area contributed by atoms with Gasteiger partial charge in [-0.1, -0.05) is 0 Å². The summed E-state index contributed by atoms with van der Waals surface area (Å²) in [5.74, 6) is -1.59. The Morgan fingerprint density at radius 2 is 1.45 bits per heavy atom. The lowest BCUT2D eigenvalue weighted by Gasteiger charge is -2.04. The minimum atomic E-state index is -4.67. The Kier molecular flexibility index (Phi) is 8.13. The first-order valence-corrected chi connectivity index (χ1v) is 11.1. The maximum atomic E-state index is 12.5. The van der Waals surface area contributed by atoms with E-state index in [1.165, 1.54) is 0 Å². The summed E-state index contributed by atoms with van der Waals surface area (Å²) in [7, 11) is 0. The van der Waals surface area contributed by atoms with Crippen LogP contribution in [0.1, 0.15) is 46.0 Å². The predicted molar refractivity (Wildman–Crippen MR) is 118 cm³/mol. The topological polar surface area (TPSA) is 133 Å². The van der Waals surface area contributed by atoms with Crippen molar-refractivity contribution in [1.82, 2.24) is 29.2 Å². The maximum Gasteiger partial charge on any atom is 0.434 e. The van der Waals surface area contributed by atoms with Gasteiger partial charge in [0.25, 0.3) is 0 Å². The number of hydrogen-bond acceptors (Lipinski definition) is 8. The van der Waals surface area contributed by atoms with Gasteiger partial charge in [0, 0.05) is 6.20 Å². The van der Waals surface area contributed by atoms with E-state index in [0.717, 1.165) is 27.6 Å². The first-order chi connectivity index (χ1) is 17.7. The van der Waals surface area contributed by atoms with E-state index in [1.807, 2.05) is 0 Å². The summed E-state index contributed by atoms with van der Waals surface area (Å²) < 4.78 is 86.2. The molecule has 0 atom stereocenters. The van der Waals surface area contributed by atoms with Crippen molar-refractivity contribution in [2.45, 2.75) is 26.2 Å². The van der Waals surface area contributed by atoms with Gasteiger partial charge in [-0.05, 0) is 29.8 Å². The Morgan fingerprint density at radius 3 is 2.00 bits per heavy atom. The average Bonchev–Trinajstić information content (AvgIpc) is 3.46. The largest absolute Gasteiger partial charge is 0.462 e. The van der Waals surface area contributed by atoms with Crippen molar-refractivity contribution in [3.63, 3.8) is 0 Å². The van der Waals surface area contributed by atoms with Crippen LogP contribution in [0.25, 0.3) is 11.3 Å². The summed E-state index contributed by atoms with van der Waals surface area (Å²) in [6.45, 7) is 3.36. The minimum Gasteiger partial charge on any atom is -0.462 e. The molecule has 18 heteroatoms. The van der Waals surface area contributed by atoms with Crippen LogP contribution in [0.5, 0.6) is 0 Å². The number of fused-ring (bicyclic) bond motifs is 2. The standard InChI is InChI=1S/C10H7BrF3N3O2.C10H8F3N3O3/c1-2-19-9(18)5-3-15-17-4-6(10(12,13)14)16-8(17)7(5)11;1-2-19-9(18)5-3-14-16-4-6(10(11,12)13)15-8(16)7(5)17/h3-4H,2H2,1H3;3-4,14H,2H2,1H3. The van der Waals surface area contributed by atoms with E-state index in [0.29, 0.717) is 6.20 Å². The Bertz CT molecular complexity index is 1560. The number of aromatic amines is 1. The number of nitrogens with zero attached hydrogens (tertiary/aromatic N) is 5. The SMILES string of the molecule is CCOC(=O)c1c[nH]n2cc(C(F)(F)F)nc2c1=O.CCOC(=O)c1cnn2cc(C(F)(F)F)nc2c1Br. The number of hydrogen-bond donors (Lipinski definition) is 1. The second-order valence-corrected chi connectivity index (χ2v) is 7.83.